The Hall–Kier alpha value is -3.38. The maximum Gasteiger partial charge on any atom is 0.339 e. The molecule has 0 saturated carbocycles. The molecule has 2 heterocycles. The molecule has 6 heteroatoms. The molecule has 4 rings (SSSR count). The first-order valence-electron chi connectivity index (χ1n) is 10.7. The van der Waals surface area contributed by atoms with E-state index in [0.29, 0.717) is 11.1 Å². The van der Waals surface area contributed by atoms with Gasteiger partial charge >= 0.3 is 5.63 Å². The molecule has 2 N–H and O–H groups in total. The number of carbonyl (C=O) groups excluding carboxylic acids is 1. The Kier molecular flexibility index (Phi) is 5.89. The van der Waals surface area contributed by atoms with Crippen molar-refractivity contribution in [2.75, 3.05) is 6.54 Å². The van der Waals surface area contributed by atoms with E-state index < -0.39 is 11.7 Å². The van der Waals surface area contributed by atoms with Crippen molar-refractivity contribution >= 4 is 27.8 Å². The van der Waals surface area contributed by atoms with E-state index in [4.69, 9.17) is 8.83 Å². The predicted molar refractivity (Wildman–Crippen MR) is 124 cm³/mol. The van der Waals surface area contributed by atoms with Crippen LogP contribution in [0.15, 0.2) is 50.0 Å². The first kappa shape index (κ1) is 21.8. The van der Waals surface area contributed by atoms with Gasteiger partial charge in [-0.15, -0.1) is 0 Å². The summed E-state index contributed by atoms with van der Waals surface area (Å²) in [7, 11) is 0. The molecule has 0 aliphatic carbocycles. The molecule has 4 aromatic rings. The molecular weight excluding hydrogens is 406 g/mol. The van der Waals surface area contributed by atoms with Crippen molar-refractivity contribution < 1.29 is 18.7 Å². The molecule has 6 nitrogen and oxygen atoms in total. The van der Waals surface area contributed by atoms with Crippen LogP contribution in [0.4, 0.5) is 0 Å². The minimum Gasteiger partial charge on any atom is -0.461 e. The van der Waals surface area contributed by atoms with Crippen molar-refractivity contribution in [3.05, 3.63) is 80.4 Å². The van der Waals surface area contributed by atoms with Crippen LogP contribution in [0.3, 0.4) is 0 Å². The normalized spacial score (nSPS) is 12.4. The van der Waals surface area contributed by atoms with Crippen LogP contribution in [0, 0.1) is 27.7 Å². The Balaban J connectivity index is 1.54. The molecule has 166 valence electrons. The maximum atomic E-state index is 12.7. The minimum absolute atomic E-state index is 0.116. The molecule has 0 unspecified atom stereocenters. The number of furan rings is 1. The van der Waals surface area contributed by atoms with Crippen molar-refractivity contribution in [1.29, 1.82) is 0 Å². The van der Waals surface area contributed by atoms with E-state index in [2.05, 4.69) is 5.32 Å². The third-order valence-corrected chi connectivity index (χ3v) is 6.22. The molecular formula is C26H27NO5. The standard InChI is InChI=1S/C26H27NO5/c1-14-17(4)31-24-16(3)25-21(12-20(14)24)15(2)19(26(30)32-25)10-11-23(29)27-13-22(28)18-8-6-5-7-9-18/h5-9,12,22,28H,10-11,13H2,1-4H3,(H,27,29)/t22-/m0/s1. The van der Waals surface area contributed by atoms with Crippen LogP contribution < -0.4 is 10.9 Å². The van der Waals surface area contributed by atoms with Crippen molar-refractivity contribution in [2.24, 2.45) is 0 Å². The first-order valence-corrected chi connectivity index (χ1v) is 10.7. The average Bonchev–Trinajstić information content (AvgIpc) is 3.07. The summed E-state index contributed by atoms with van der Waals surface area (Å²) < 4.78 is 11.5. The fraction of sp³-hybridized carbons (Fsp3) is 0.308. The number of carbonyl (C=O) groups is 1. The van der Waals surface area contributed by atoms with Gasteiger partial charge in [-0.05, 0) is 56.9 Å². The number of amides is 1. The summed E-state index contributed by atoms with van der Waals surface area (Å²) in [5.41, 5.74) is 4.73. The predicted octanol–water partition coefficient (Wildman–Crippen LogP) is 4.56. The number of aliphatic hydroxyl groups is 1. The van der Waals surface area contributed by atoms with E-state index in [9.17, 15) is 14.7 Å². The topological polar surface area (TPSA) is 92.7 Å². The molecule has 1 amide bonds. The molecule has 32 heavy (non-hydrogen) atoms. The highest BCUT2D eigenvalue weighted by molar-refractivity contribution is 6.00. The van der Waals surface area contributed by atoms with Crippen LogP contribution >= 0.6 is 0 Å². The molecule has 0 saturated heterocycles. The van der Waals surface area contributed by atoms with Gasteiger partial charge in [0, 0.05) is 34.9 Å². The number of fused-ring (bicyclic) bond motifs is 2. The molecule has 0 spiro atoms. The molecule has 0 aliphatic heterocycles. The highest BCUT2D eigenvalue weighted by Crippen LogP contribution is 2.34. The zero-order valence-electron chi connectivity index (χ0n) is 18.7. The van der Waals surface area contributed by atoms with Crippen molar-refractivity contribution in [1.82, 2.24) is 5.32 Å². The number of aliphatic hydroxyl groups excluding tert-OH is 1. The van der Waals surface area contributed by atoms with Crippen LogP contribution in [0.5, 0.6) is 0 Å². The Morgan fingerprint density at radius 3 is 2.34 bits per heavy atom. The monoisotopic (exact) mass is 433 g/mol. The van der Waals surface area contributed by atoms with Gasteiger partial charge in [-0.1, -0.05) is 30.3 Å². The second kappa shape index (κ2) is 8.63. The zero-order chi connectivity index (χ0) is 23.0. The van der Waals surface area contributed by atoms with Crippen LogP contribution in [0.1, 0.15) is 46.1 Å². The third-order valence-electron chi connectivity index (χ3n) is 6.22. The van der Waals surface area contributed by atoms with Crippen molar-refractivity contribution in [3.63, 3.8) is 0 Å². The molecule has 0 fully saturated rings. The number of hydrogen-bond acceptors (Lipinski definition) is 5. The fourth-order valence-electron chi connectivity index (χ4n) is 4.11. The summed E-state index contributed by atoms with van der Waals surface area (Å²) in [6, 6.07) is 11.2. The van der Waals surface area contributed by atoms with Gasteiger partial charge in [0.05, 0.1) is 6.10 Å². The van der Waals surface area contributed by atoms with Gasteiger partial charge in [-0.3, -0.25) is 4.79 Å². The average molecular weight is 434 g/mol. The molecule has 0 radical (unpaired) electrons. The Morgan fingerprint density at radius 1 is 0.969 bits per heavy atom. The number of aryl methyl sites for hydroxylation is 4. The van der Waals surface area contributed by atoms with E-state index in [0.717, 1.165) is 44.4 Å². The smallest absolute Gasteiger partial charge is 0.339 e. The van der Waals surface area contributed by atoms with Gasteiger partial charge in [0.15, 0.2) is 0 Å². The first-order chi connectivity index (χ1) is 15.3. The van der Waals surface area contributed by atoms with Gasteiger partial charge in [-0.2, -0.15) is 0 Å². The van der Waals surface area contributed by atoms with Crippen LogP contribution in [0.2, 0.25) is 0 Å². The molecule has 2 aromatic carbocycles. The van der Waals surface area contributed by atoms with Crippen molar-refractivity contribution in [3.8, 4) is 0 Å². The van der Waals surface area contributed by atoms with Crippen LogP contribution in [-0.2, 0) is 11.2 Å². The quantitative estimate of drug-likeness (QED) is 0.435. The largest absolute Gasteiger partial charge is 0.461 e. The summed E-state index contributed by atoms with van der Waals surface area (Å²) in [6.07, 6.45) is -0.388. The highest BCUT2D eigenvalue weighted by atomic mass is 16.4. The van der Waals surface area contributed by atoms with E-state index in [1.807, 2.05) is 64.1 Å². The molecule has 0 bridgehead atoms. The summed E-state index contributed by atoms with van der Waals surface area (Å²) in [5, 5.41) is 14.8. The SMILES string of the molecule is Cc1oc2c(C)c3oc(=O)c(CCC(=O)NC[C@H](O)c4ccccc4)c(C)c3cc2c1C. The third kappa shape index (κ3) is 3.94. The zero-order valence-corrected chi connectivity index (χ0v) is 18.7. The van der Waals surface area contributed by atoms with Gasteiger partial charge in [0.25, 0.3) is 0 Å². The number of benzene rings is 2. The number of hydrogen-bond donors (Lipinski definition) is 2. The fourth-order valence-corrected chi connectivity index (χ4v) is 4.11. The number of rotatable bonds is 6. The lowest BCUT2D eigenvalue weighted by atomic mass is 9.98. The van der Waals surface area contributed by atoms with Crippen molar-refractivity contribution in [2.45, 2.75) is 46.6 Å². The summed E-state index contributed by atoms with van der Waals surface area (Å²) in [5.74, 6) is 0.611. The molecule has 2 aromatic heterocycles. The van der Waals surface area contributed by atoms with Crippen LogP contribution in [-0.4, -0.2) is 17.6 Å². The summed E-state index contributed by atoms with van der Waals surface area (Å²) >= 11 is 0. The second-order valence-electron chi connectivity index (χ2n) is 8.26. The lowest BCUT2D eigenvalue weighted by molar-refractivity contribution is -0.121. The summed E-state index contributed by atoms with van der Waals surface area (Å²) in [4.78, 5) is 25.1. The van der Waals surface area contributed by atoms with E-state index >= 15 is 0 Å². The molecule has 1 atom stereocenters. The van der Waals surface area contributed by atoms with Gasteiger partial charge in [-0.25, -0.2) is 4.79 Å². The minimum atomic E-state index is -0.778. The van der Waals surface area contributed by atoms with Gasteiger partial charge in [0.2, 0.25) is 5.91 Å². The van der Waals surface area contributed by atoms with Gasteiger partial charge in [0.1, 0.15) is 16.9 Å². The lowest BCUT2D eigenvalue weighted by Gasteiger charge is -2.13. The Bertz CT molecular complexity index is 1360. The second-order valence-corrected chi connectivity index (χ2v) is 8.26. The molecule has 0 aliphatic rings. The van der Waals surface area contributed by atoms with E-state index in [1.165, 1.54) is 0 Å². The summed E-state index contributed by atoms with van der Waals surface area (Å²) in [6.45, 7) is 7.82. The van der Waals surface area contributed by atoms with Gasteiger partial charge < -0.3 is 19.3 Å². The Morgan fingerprint density at radius 2 is 1.62 bits per heavy atom. The van der Waals surface area contributed by atoms with E-state index in [1.54, 1.807) is 0 Å². The Labute approximate surface area is 185 Å². The lowest BCUT2D eigenvalue weighted by Crippen LogP contribution is -2.29. The maximum absolute atomic E-state index is 12.7. The van der Waals surface area contributed by atoms with Crippen LogP contribution in [0.25, 0.3) is 21.9 Å². The number of nitrogens with one attached hydrogen (secondary N) is 1. The van der Waals surface area contributed by atoms with E-state index in [-0.39, 0.29) is 25.3 Å². The highest BCUT2D eigenvalue weighted by Gasteiger charge is 2.19.